The van der Waals surface area contributed by atoms with Gasteiger partial charge in [0.2, 0.25) is 32.5 Å². The van der Waals surface area contributed by atoms with E-state index in [9.17, 15) is 38.4 Å². The summed E-state index contributed by atoms with van der Waals surface area (Å²) in [7, 11) is 7.66. The molecule has 3 aromatic rings. The molecule has 2 aliphatic rings. The number of benzene rings is 4. The molecule has 5 rings (SSSR count). The SMILES string of the molecule is CC(=O)OCOC(=O)CN(CC(=O)OCOC(C)=O)c1ccc(C)cc1OCCOc1cc(-c2c3ccc(=[N+](C)C)cc-3oc3cc(N(C)C)ccc23)ccc1N(CC(=O)OCOC(C)=O)CC(=O)OCOC(C)=O.[Br-]. The van der Waals surface area contributed by atoms with Crippen LogP contribution in [0.25, 0.3) is 33.4 Å². The summed E-state index contributed by atoms with van der Waals surface area (Å²) in [6.45, 7) is 0.871. The van der Waals surface area contributed by atoms with E-state index in [2.05, 4.69) is 0 Å². The van der Waals surface area contributed by atoms with E-state index < -0.39 is 101 Å². The molecule has 1 aliphatic carbocycles. The van der Waals surface area contributed by atoms with Gasteiger partial charge in [0.05, 0.1) is 17.4 Å². The summed E-state index contributed by atoms with van der Waals surface area (Å²) in [6, 6.07) is 21.7. The van der Waals surface area contributed by atoms with Crippen LogP contribution in [0.4, 0.5) is 17.1 Å². The maximum atomic E-state index is 13.3. The predicted molar refractivity (Wildman–Crippen MR) is 267 cm³/mol. The van der Waals surface area contributed by atoms with Gasteiger partial charge >= 0.3 is 47.8 Å². The third kappa shape index (κ3) is 18.2. The van der Waals surface area contributed by atoms with Crippen molar-refractivity contribution >= 4 is 75.8 Å². The summed E-state index contributed by atoms with van der Waals surface area (Å²) in [4.78, 5) is 103. The van der Waals surface area contributed by atoms with E-state index in [1.54, 1.807) is 43.3 Å². The first-order chi connectivity index (χ1) is 35.7. The van der Waals surface area contributed by atoms with Crippen LogP contribution in [0.3, 0.4) is 0 Å². The summed E-state index contributed by atoms with van der Waals surface area (Å²) < 4.78 is 60.7. The fourth-order valence-electron chi connectivity index (χ4n) is 7.05. The van der Waals surface area contributed by atoms with Crippen molar-refractivity contribution in [2.24, 2.45) is 0 Å². The summed E-state index contributed by atoms with van der Waals surface area (Å²) in [5.74, 6) is -5.47. The van der Waals surface area contributed by atoms with Crippen molar-refractivity contribution in [3.63, 3.8) is 0 Å². The number of hydrogen-bond acceptors (Lipinski definition) is 22. The highest BCUT2D eigenvalue weighted by atomic mass is 79.9. The number of ether oxygens (including phenoxy) is 10. The van der Waals surface area contributed by atoms with Gasteiger partial charge in [0.15, 0.2) is 0 Å². The Morgan fingerprint density at radius 2 is 0.974 bits per heavy atom. The lowest BCUT2D eigenvalue weighted by atomic mass is 9.93. The molecular formula is C52H59BrN4O19. The van der Waals surface area contributed by atoms with Crippen molar-refractivity contribution in [3.8, 4) is 33.9 Å². The number of fused-ring (bicyclic) bond motifs is 2. The molecule has 1 aliphatic heterocycles. The van der Waals surface area contributed by atoms with Gasteiger partial charge in [-0.1, -0.05) is 12.1 Å². The normalized spacial score (nSPS) is 10.5. The summed E-state index contributed by atoms with van der Waals surface area (Å²) in [6.07, 6.45) is 0. The monoisotopic (exact) mass is 1120 g/mol. The van der Waals surface area contributed by atoms with E-state index in [4.69, 9.17) is 51.8 Å². The predicted octanol–water partition coefficient (Wildman–Crippen LogP) is 0.941. The molecule has 23 nitrogen and oxygen atoms in total. The number of esters is 8. The van der Waals surface area contributed by atoms with E-state index in [1.165, 1.54) is 9.80 Å². The highest BCUT2D eigenvalue weighted by Crippen LogP contribution is 2.43. The molecule has 0 saturated carbocycles. The van der Waals surface area contributed by atoms with Crippen molar-refractivity contribution in [1.29, 1.82) is 0 Å². The van der Waals surface area contributed by atoms with Crippen molar-refractivity contribution < 1.29 is 107 Å². The number of aryl methyl sites for hydroxylation is 1. The molecule has 76 heavy (non-hydrogen) atoms. The van der Waals surface area contributed by atoms with Crippen molar-refractivity contribution in [3.05, 3.63) is 83.7 Å². The average Bonchev–Trinajstić information content (AvgIpc) is 3.33. The molecule has 0 unspecified atom stereocenters. The summed E-state index contributed by atoms with van der Waals surface area (Å²) in [5, 5.41) is 1.63. The fraction of sp³-hybridized carbons (Fsp3) is 0.365. The molecule has 0 saturated heterocycles. The standard InChI is InChI=1S/C52H59N4O19.BrH/c1-32-10-16-42(55(24-48(61)71-28-67-33(2)57)25-49(62)72-29-68-34(3)58)46(20-32)65-18-19-66-47-21-37(11-17-43(47)56(26-50(63)73-30-69-35(4)59)27-51(64)74-31-70-36(5)60)52-40-14-12-38(53(6)7)22-44(40)75-45-23-39(54(8)9)13-15-41(45)52;/h10-17,20-23H,18-19,24-31H2,1-9H3;1H/q+1;/p-1. The highest BCUT2D eigenvalue weighted by Gasteiger charge is 2.26. The van der Waals surface area contributed by atoms with Crippen LogP contribution in [0.5, 0.6) is 11.5 Å². The first-order valence-corrected chi connectivity index (χ1v) is 23.0. The molecule has 0 N–H and O–H groups in total. The molecule has 0 spiro atoms. The van der Waals surface area contributed by atoms with Gasteiger partial charge in [-0.05, 0) is 60.5 Å². The number of carbonyl (C=O) groups excluding carboxylic acids is 8. The van der Waals surface area contributed by atoms with Crippen LogP contribution in [0.1, 0.15) is 33.3 Å². The van der Waals surface area contributed by atoms with Crippen molar-refractivity contribution in [2.75, 3.05) is 109 Å². The third-order valence-electron chi connectivity index (χ3n) is 10.6. The Morgan fingerprint density at radius 3 is 1.41 bits per heavy atom. The van der Waals surface area contributed by atoms with Crippen LogP contribution < -0.4 is 51.1 Å². The van der Waals surface area contributed by atoms with Gasteiger partial charge in [-0.15, -0.1) is 0 Å². The molecule has 0 aromatic heterocycles. The molecule has 3 aromatic carbocycles. The molecule has 0 fully saturated rings. The van der Waals surface area contributed by atoms with Gasteiger partial charge in [-0.25, -0.2) is 4.58 Å². The number of hydrogen-bond donors (Lipinski definition) is 0. The van der Waals surface area contributed by atoms with Crippen molar-refractivity contribution in [2.45, 2.75) is 34.6 Å². The molecule has 1 heterocycles. The van der Waals surface area contributed by atoms with Crippen LogP contribution >= 0.6 is 0 Å². The maximum absolute atomic E-state index is 13.3. The molecule has 0 atom stereocenters. The van der Waals surface area contributed by atoms with E-state index >= 15 is 0 Å². The molecular weight excluding hydrogens is 1060 g/mol. The van der Waals surface area contributed by atoms with Crippen LogP contribution in [0, 0.1) is 6.92 Å². The second-order valence-electron chi connectivity index (χ2n) is 16.8. The Hall–Kier alpha value is -8.41. The first kappa shape index (κ1) is 60.1. The lowest BCUT2D eigenvalue weighted by Crippen LogP contribution is -3.00. The van der Waals surface area contributed by atoms with Crippen LogP contribution in [0.15, 0.2) is 77.2 Å². The van der Waals surface area contributed by atoms with Gasteiger partial charge in [0.1, 0.15) is 76.3 Å². The third-order valence-corrected chi connectivity index (χ3v) is 10.6. The second kappa shape index (κ2) is 28.9. The number of nitrogens with zero attached hydrogens (tertiary/aromatic N) is 4. The summed E-state index contributed by atoms with van der Waals surface area (Å²) >= 11 is 0. The fourth-order valence-corrected chi connectivity index (χ4v) is 7.05. The topological polar surface area (TPSA) is 255 Å². The molecule has 0 amide bonds. The quantitative estimate of drug-likeness (QED) is 0.0197. The van der Waals surface area contributed by atoms with E-state index in [-0.39, 0.29) is 53.1 Å². The van der Waals surface area contributed by atoms with Crippen LogP contribution in [-0.4, -0.2) is 143 Å². The zero-order chi connectivity index (χ0) is 54.8. The zero-order valence-corrected chi connectivity index (χ0v) is 45.0. The largest absolute Gasteiger partial charge is 1.00 e. The smallest absolute Gasteiger partial charge is 0.328 e. The van der Waals surface area contributed by atoms with E-state index in [1.807, 2.05) is 74.1 Å². The lowest BCUT2D eigenvalue weighted by Gasteiger charge is -2.27. The van der Waals surface area contributed by atoms with Gasteiger partial charge < -0.3 is 83.5 Å². The summed E-state index contributed by atoms with van der Waals surface area (Å²) in [5.41, 5.74) is 4.73. The maximum Gasteiger partial charge on any atom is 0.328 e. The minimum atomic E-state index is -0.903. The second-order valence-corrected chi connectivity index (χ2v) is 16.8. The van der Waals surface area contributed by atoms with Crippen LogP contribution in [-0.2, 0) is 76.3 Å². The first-order valence-electron chi connectivity index (χ1n) is 23.0. The van der Waals surface area contributed by atoms with Gasteiger partial charge in [-0.2, -0.15) is 0 Å². The molecule has 0 bridgehead atoms. The molecule has 408 valence electrons. The van der Waals surface area contributed by atoms with Crippen molar-refractivity contribution in [1.82, 2.24) is 4.58 Å². The van der Waals surface area contributed by atoms with Gasteiger partial charge in [0.25, 0.3) is 0 Å². The van der Waals surface area contributed by atoms with E-state index in [0.717, 1.165) is 60.8 Å². The van der Waals surface area contributed by atoms with Gasteiger partial charge in [-0.3, -0.25) is 38.4 Å². The molecule has 0 radical (unpaired) electrons. The van der Waals surface area contributed by atoms with Crippen LogP contribution in [0.2, 0.25) is 0 Å². The Kier molecular flexibility index (Phi) is 22.9. The van der Waals surface area contributed by atoms with E-state index in [0.29, 0.717) is 16.9 Å². The Morgan fingerprint density at radius 1 is 0.526 bits per heavy atom. The zero-order valence-electron chi connectivity index (χ0n) is 43.4. The Labute approximate surface area is 447 Å². The number of carbonyl (C=O) groups is 8. The minimum absolute atomic E-state index is 0. The lowest BCUT2D eigenvalue weighted by molar-refractivity contribution is -0.167. The Bertz CT molecular complexity index is 2880. The van der Waals surface area contributed by atoms with Gasteiger partial charge in [0, 0.05) is 76.1 Å². The number of rotatable bonds is 25. The minimum Gasteiger partial charge on any atom is -1.00 e. The number of halogens is 1. The average molecular weight is 1120 g/mol. The Balaban J connectivity index is 0.0000125. The molecule has 24 heteroatoms. The number of anilines is 3. The highest BCUT2D eigenvalue weighted by molar-refractivity contribution is 6.03.